The van der Waals surface area contributed by atoms with E-state index in [9.17, 15) is 8.42 Å². The third kappa shape index (κ3) is 2.86. The van der Waals surface area contributed by atoms with Gasteiger partial charge in [0.2, 0.25) is 0 Å². The van der Waals surface area contributed by atoms with Gasteiger partial charge in [-0.3, -0.25) is 5.10 Å². The van der Waals surface area contributed by atoms with E-state index in [1.54, 1.807) is 6.92 Å². The fraction of sp³-hybridized carbons (Fsp3) is 0.364. The maximum absolute atomic E-state index is 12.2. The number of hydrogen-bond acceptors (Lipinski definition) is 5. The van der Waals surface area contributed by atoms with Gasteiger partial charge in [-0.25, -0.2) is 13.1 Å². The van der Waals surface area contributed by atoms with E-state index in [4.69, 9.17) is 5.73 Å². The summed E-state index contributed by atoms with van der Waals surface area (Å²) in [7, 11) is -3.64. The zero-order chi connectivity index (χ0) is 14.0. The maximum atomic E-state index is 12.2. The Balaban J connectivity index is 2.21. The Morgan fingerprint density at radius 2 is 2.21 bits per heavy atom. The van der Waals surface area contributed by atoms with Crippen LogP contribution in [-0.4, -0.2) is 18.6 Å². The third-order valence-electron chi connectivity index (χ3n) is 2.89. The van der Waals surface area contributed by atoms with Crippen LogP contribution in [0.3, 0.4) is 0 Å². The van der Waals surface area contributed by atoms with Gasteiger partial charge < -0.3 is 5.73 Å². The average Bonchev–Trinajstić information content (AvgIpc) is 2.93. The number of thiophene rings is 1. The van der Waals surface area contributed by atoms with Crippen LogP contribution < -0.4 is 10.5 Å². The van der Waals surface area contributed by atoms with Crippen LogP contribution in [0.15, 0.2) is 16.5 Å². The van der Waals surface area contributed by atoms with Crippen LogP contribution in [-0.2, 0) is 23.1 Å². The number of rotatable bonds is 5. The Hall–Kier alpha value is -1.22. The lowest BCUT2D eigenvalue weighted by Crippen LogP contribution is -2.25. The Kier molecular flexibility index (Phi) is 4.04. The second-order valence-electron chi connectivity index (χ2n) is 4.19. The third-order valence-corrected chi connectivity index (χ3v) is 5.28. The first-order valence-electron chi connectivity index (χ1n) is 5.72. The molecule has 2 aromatic rings. The van der Waals surface area contributed by atoms with Gasteiger partial charge in [-0.15, -0.1) is 11.3 Å². The first kappa shape index (κ1) is 14.2. The lowest BCUT2D eigenvalue weighted by atomic mass is 10.3. The molecule has 19 heavy (non-hydrogen) atoms. The van der Waals surface area contributed by atoms with Crippen LogP contribution in [0.4, 0.5) is 0 Å². The van der Waals surface area contributed by atoms with Gasteiger partial charge in [0.05, 0.1) is 0 Å². The van der Waals surface area contributed by atoms with Crippen molar-refractivity contribution in [3.05, 3.63) is 33.1 Å². The first-order chi connectivity index (χ1) is 8.95. The molecule has 0 radical (unpaired) electrons. The highest BCUT2D eigenvalue weighted by atomic mass is 32.2. The molecule has 0 fully saturated rings. The Labute approximate surface area is 116 Å². The van der Waals surface area contributed by atoms with Crippen LogP contribution >= 0.6 is 11.3 Å². The quantitative estimate of drug-likeness (QED) is 0.767. The van der Waals surface area contributed by atoms with Gasteiger partial charge >= 0.3 is 0 Å². The summed E-state index contributed by atoms with van der Waals surface area (Å²) < 4.78 is 26.9. The van der Waals surface area contributed by atoms with E-state index in [2.05, 4.69) is 14.9 Å². The van der Waals surface area contributed by atoms with Gasteiger partial charge in [-0.05, 0) is 30.9 Å². The molecule has 0 aliphatic rings. The number of aryl methyl sites for hydroxylation is 2. The highest BCUT2D eigenvalue weighted by Crippen LogP contribution is 2.18. The summed E-state index contributed by atoms with van der Waals surface area (Å²) in [6.45, 7) is 4.10. The molecular formula is C11H16N4O2S2. The van der Waals surface area contributed by atoms with Crippen molar-refractivity contribution in [2.45, 2.75) is 32.0 Å². The maximum Gasteiger partial charge on any atom is 0.260 e. The molecule has 8 heteroatoms. The second kappa shape index (κ2) is 5.41. The molecule has 0 bridgehead atoms. The number of aromatic nitrogens is 2. The Morgan fingerprint density at radius 3 is 2.79 bits per heavy atom. The molecule has 2 rings (SSSR count). The lowest BCUT2D eigenvalue weighted by molar-refractivity contribution is 0.576. The number of nitrogens with two attached hydrogens (primary N) is 1. The molecule has 0 aliphatic carbocycles. The average molecular weight is 300 g/mol. The van der Waals surface area contributed by atoms with E-state index in [1.165, 1.54) is 11.3 Å². The summed E-state index contributed by atoms with van der Waals surface area (Å²) in [4.78, 5) is 0.991. The predicted molar refractivity (Wildman–Crippen MR) is 74.3 cm³/mol. The van der Waals surface area contributed by atoms with Crippen LogP contribution in [0.2, 0.25) is 0 Å². The molecule has 0 aromatic carbocycles. The van der Waals surface area contributed by atoms with Crippen LogP contribution in [0, 0.1) is 13.8 Å². The highest BCUT2D eigenvalue weighted by molar-refractivity contribution is 7.89. The number of sulfonamides is 1. The number of hydrogen-bond donors (Lipinski definition) is 3. The number of nitrogens with zero attached hydrogens (tertiary/aromatic N) is 1. The normalized spacial score (nSPS) is 11.9. The molecule has 0 aliphatic heterocycles. The SMILES string of the molecule is Cc1ccsc1CNS(=O)(=O)c1n[nH]c(C)c1CN. The largest absolute Gasteiger partial charge is 0.326 e. The number of H-pyrrole nitrogens is 1. The molecular weight excluding hydrogens is 284 g/mol. The molecule has 2 heterocycles. The summed E-state index contributed by atoms with van der Waals surface area (Å²) in [5.41, 5.74) is 7.83. The molecule has 0 amide bonds. The van der Waals surface area contributed by atoms with E-state index < -0.39 is 10.0 Å². The fourth-order valence-corrected chi connectivity index (χ4v) is 3.84. The lowest BCUT2D eigenvalue weighted by Gasteiger charge is -2.05. The molecule has 0 spiro atoms. The summed E-state index contributed by atoms with van der Waals surface area (Å²) in [6, 6.07) is 1.96. The second-order valence-corrected chi connectivity index (χ2v) is 6.87. The van der Waals surface area contributed by atoms with Crippen molar-refractivity contribution in [3.8, 4) is 0 Å². The Morgan fingerprint density at radius 1 is 1.47 bits per heavy atom. The molecule has 0 saturated heterocycles. The van der Waals surface area contributed by atoms with Gasteiger partial charge in [0.15, 0.2) is 5.03 Å². The summed E-state index contributed by atoms with van der Waals surface area (Å²) in [5, 5.41) is 8.40. The predicted octanol–water partition coefficient (Wildman–Crippen LogP) is 1.03. The van der Waals surface area contributed by atoms with Crippen molar-refractivity contribution < 1.29 is 8.42 Å². The molecule has 0 atom stereocenters. The fourth-order valence-electron chi connectivity index (χ4n) is 1.71. The molecule has 6 nitrogen and oxygen atoms in total. The van der Waals surface area contributed by atoms with Gasteiger partial charge in [0.25, 0.3) is 10.0 Å². The minimum Gasteiger partial charge on any atom is -0.326 e. The summed E-state index contributed by atoms with van der Waals surface area (Å²) in [5.74, 6) is 0. The van der Waals surface area contributed by atoms with Crippen molar-refractivity contribution in [2.24, 2.45) is 5.73 Å². The molecule has 2 aromatic heterocycles. The van der Waals surface area contributed by atoms with Crippen LogP contribution in [0.1, 0.15) is 21.7 Å². The van der Waals surface area contributed by atoms with Crippen molar-refractivity contribution in [1.82, 2.24) is 14.9 Å². The molecule has 104 valence electrons. The minimum atomic E-state index is -3.64. The Bertz CT molecular complexity index is 673. The van der Waals surface area contributed by atoms with E-state index in [0.717, 1.165) is 10.4 Å². The zero-order valence-corrected chi connectivity index (χ0v) is 12.4. The van der Waals surface area contributed by atoms with Crippen molar-refractivity contribution >= 4 is 21.4 Å². The highest BCUT2D eigenvalue weighted by Gasteiger charge is 2.23. The molecule has 0 unspecified atom stereocenters. The zero-order valence-electron chi connectivity index (χ0n) is 10.7. The van der Waals surface area contributed by atoms with Crippen molar-refractivity contribution in [2.75, 3.05) is 0 Å². The van der Waals surface area contributed by atoms with E-state index in [-0.39, 0.29) is 18.1 Å². The van der Waals surface area contributed by atoms with Crippen molar-refractivity contribution in [3.63, 3.8) is 0 Å². The van der Waals surface area contributed by atoms with E-state index in [1.807, 2.05) is 18.4 Å². The standard InChI is InChI=1S/C11H16N4O2S2/c1-7-3-4-18-10(7)6-13-19(16,17)11-9(5-12)8(2)14-15-11/h3-4,13H,5-6,12H2,1-2H3,(H,14,15). The topological polar surface area (TPSA) is 101 Å². The summed E-state index contributed by atoms with van der Waals surface area (Å²) in [6.07, 6.45) is 0. The number of nitrogens with one attached hydrogen (secondary N) is 2. The van der Waals surface area contributed by atoms with Crippen LogP contribution in [0.25, 0.3) is 0 Å². The van der Waals surface area contributed by atoms with Crippen LogP contribution in [0.5, 0.6) is 0 Å². The van der Waals surface area contributed by atoms with E-state index >= 15 is 0 Å². The van der Waals surface area contributed by atoms with Gasteiger partial charge in [-0.1, -0.05) is 0 Å². The van der Waals surface area contributed by atoms with E-state index in [0.29, 0.717) is 11.3 Å². The summed E-state index contributed by atoms with van der Waals surface area (Å²) >= 11 is 1.52. The van der Waals surface area contributed by atoms with Crippen molar-refractivity contribution in [1.29, 1.82) is 0 Å². The number of aromatic amines is 1. The molecule has 0 saturated carbocycles. The molecule has 4 N–H and O–H groups in total. The first-order valence-corrected chi connectivity index (χ1v) is 8.08. The minimum absolute atomic E-state index is 0.0123. The smallest absolute Gasteiger partial charge is 0.260 e. The van der Waals surface area contributed by atoms with Gasteiger partial charge in [-0.2, -0.15) is 5.10 Å². The van der Waals surface area contributed by atoms with Gasteiger partial charge in [0, 0.05) is 29.2 Å². The monoisotopic (exact) mass is 300 g/mol. The van der Waals surface area contributed by atoms with Gasteiger partial charge in [0.1, 0.15) is 0 Å².